The van der Waals surface area contributed by atoms with Crippen LogP contribution in [0.5, 0.6) is 5.88 Å². The molecule has 1 aromatic heterocycles. The Labute approximate surface area is 96.7 Å². The SMILES string of the molecule is COc1nccnc1N1CCCC(C)CC1. The van der Waals surface area contributed by atoms with Gasteiger partial charge in [0.25, 0.3) is 5.88 Å². The maximum atomic E-state index is 5.25. The topological polar surface area (TPSA) is 38.3 Å². The molecule has 0 bridgehead atoms. The second-order valence-electron chi connectivity index (χ2n) is 4.41. The Morgan fingerprint density at radius 3 is 2.88 bits per heavy atom. The molecular formula is C12H19N3O. The van der Waals surface area contributed by atoms with E-state index in [9.17, 15) is 0 Å². The molecule has 0 saturated carbocycles. The first-order valence-electron chi connectivity index (χ1n) is 5.91. The van der Waals surface area contributed by atoms with E-state index in [1.54, 1.807) is 19.5 Å². The summed E-state index contributed by atoms with van der Waals surface area (Å²) in [6, 6.07) is 0. The zero-order valence-electron chi connectivity index (χ0n) is 10.0. The lowest BCUT2D eigenvalue weighted by molar-refractivity contribution is 0.395. The Morgan fingerprint density at radius 2 is 2.06 bits per heavy atom. The molecule has 0 aromatic carbocycles. The third kappa shape index (κ3) is 2.43. The van der Waals surface area contributed by atoms with Crippen molar-refractivity contribution in [3.8, 4) is 5.88 Å². The molecule has 0 aliphatic carbocycles. The molecular weight excluding hydrogens is 202 g/mol. The predicted molar refractivity (Wildman–Crippen MR) is 63.8 cm³/mol. The van der Waals surface area contributed by atoms with Gasteiger partial charge in [-0.1, -0.05) is 6.92 Å². The van der Waals surface area contributed by atoms with Gasteiger partial charge in [-0.05, 0) is 25.2 Å². The summed E-state index contributed by atoms with van der Waals surface area (Å²) in [5.41, 5.74) is 0. The minimum atomic E-state index is 0.636. The maximum Gasteiger partial charge on any atom is 0.257 e. The van der Waals surface area contributed by atoms with E-state index < -0.39 is 0 Å². The van der Waals surface area contributed by atoms with Crippen LogP contribution in [0.15, 0.2) is 12.4 Å². The molecule has 1 aromatic rings. The molecule has 1 aliphatic heterocycles. The Balaban J connectivity index is 2.16. The Morgan fingerprint density at radius 1 is 1.25 bits per heavy atom. The largest absolute Gasteiger partial charge is 0.478 e. The standard InChI is InChI=1S/C12H19N3O/c1-10-4-3-8-15(9-5-10)11-12(16-2)14-7-6-13-11/h6-7,10H,3-5,8-9H2,1-2H3. The van der Waals surface area contributed by atoms with Crippen molar-refractivity contribution in [3.05, 3.63) is 12.4 Å². The first-order chi connectivity index (χ1) is 7.81. The van der Waals surface area contributed by atoms with Gasteiger partial charge in [-0.15, -0.1) is 0 Å². The summed E-state index contributed by atoms with van der Waals surface area (Å²) in [5.74, 6) is 2.34. The van der Waals surface area contributed by atoms with E-state index in [0.717, 1.165) is 24.8 Å². The van der Waals surface area contributed by atoms with Crippen molar-refractivity contribution < 1.29 is 4.74 Å². The van der Waals surface area contributed by atoms with Gasteiger partial charge in [-0.2, -0.15) is 0 Å². The number of rotatable bonds is 2. The third-order valence-electron chi connectivity index (χ3n) is 3.16. The van der Waals surface area contributed by atoms with Crippen LogP contribution in [0, 0.1) is 5.92 Å². The van der Waals surface area contributed by atoms with E-state index in [0.29, 0.717) is 5.88 Å². The Kier molecular flexibility index (Phi) is 3.59. The summed E-state index contributed by atoms with van der Waals surface area (Å²) < 4.78 is 5.25. The van der Waals surface area contributed by atoms with Crippen LogP contribution in [0.3, 0.4) is 0 Å². The van der Waals surface area contributed by atoms with E-state index in [4.69, 9.17) is 4.74 Å². The van der Waals surface area contributed by atoms with E-state index in [2.05, 4.69) is 21.8 Å². The van der Waals surface area contributed by atoms with Crippen molar-refractivity contribution in [3.63, 3.8) is 0 Å². The number of nitrogens with zero attached hydrogens (tertiary/aromatic N) is 3. The van der Waals surface area contributed by atoms with E-state index in [1.165, 1.54) is 19.3 Å². The van der Waals surface area contributed by atoms with Crippen LogP contribution >= 0.6 is 0 Å². The van der Waals surface area contributed by atoms with Crippen LogP contribution in [-0.2, 0) is 0 Å². The monoisotopic (exact) mass is 221 g/mol. The second-order valence-corrected chi connectivity index (χ2v) is 4.41. The minimum Gasteiger partial charge on any atom is -0.478 e. The average Bonchev–Trinajstić information content (AvgIpc) is 2.54. The smallest absolute Gasteiger partial charge is 0.257 e. The fourth-order valence-electron chi connectivity index (χ4n) is 2.15. The third-order valence-corrected chi connectivity index (χ3v) is 3.16. The molecule has 1 atom stereocenters. The van der Waals surface area contributed by atoms with Crippen molar-refractivity contribution in [2.75, 3.05) is 25.1 Å². The first-order valence-corrected chi connectivity index (χ1v) is 5.91. The number of methoxy groups -OCH3 is 1. The lowest BCUT2D eigenvalue weighted by atomic mass is 10.0. The molecule has 1 fully saturated rings. The minimum absolute atomic E-state index is 0.636. The zero-order chi connectivity index (χ0) is 11.4. The fourth-order valence-corrected chi connectivity index (χ4v) is 2.15. The molecule has 4 nitrogen and oxygen atoms in total. The average molecular weight is 221 g/mol. The molecule has 16 heavy (non-hydrogen) atoms. The molecule has 4 heteroatoms. The molecule has 0 spiro atoms. The van der Waals surface area contributed by atoms with Gasteiger partial charge in [0, 0.05) is 25.5 Å². The molecule has 2 heterocycles. The number of ether oxygens (including phenoxy) is 1. The van der Waals surface area contributed by atoms with Gasteiger partial charge in [-0.3, -0.25) is 0 Å². The van der Waals surface area contributed by atoms with Gasteiger partial charge in [0.15, 0.2) is 5.82 Å². The van der Waals surface area contributed by atoms with Gasteiger partial charge in [-0.25, -0.2) is 9.97 Å². The van der Waals surface area contributed by atoms with E-state index >= 15 is 0 Å². The quantitative estimate of drug-likeness (QED) is 0.766. The van der Waals surface area contributed by atoms with Gasteiger partial charge in [0.2, 0.25) is 0 Å². The van der Waals surface area contributed by atoms with E-state index in [-0.39, 0.29) is 0 Å². The number of hydrogen-bond acceptors (Lipinski definition) is 4. The van der Waals surface area contributed by atoms with Crippen LogP contribution < -0.4 is 9.64 Å². The fraction of sp³-hybridized carbons (Fsp3) is 0.667. The van der Waals surface area contributed by atoms with Gasteiger partial charge in [0.05, 0.1) is 7.11 Å². The number of hydrogen-bond donors (Lipinski definition) is 0. The molecule has 2 rings (SSSR count). The normalized spacial score (nSPS) is 21.6. The van der Waals surface area contributed by atoms with Crippen LogP contribution in [0.25, 0.3) is 0 Å². The highest BCUT2D eigenvalue weighted by Crippen LogP contribution is 2.26. The molecule has 1 aliphatic rings. The lowest BCUT2D eigenvalue weighted by Crippen LogP contribution is -2.25. The maximum absolute atomic E-state index is 5.25. The molecule has 0 N–H and O–H groups in total. The van der Waals surface area contributed by atoms with E-state index in [1.807, 2.05) is 0 Å². The highest BCUT2D eigenvalue weighted by Gasteiger charge is 2.18. The summed E-state index contributed by atoms with van der Waals surface area (Å²) >= 11 is 0. The lowest BCUT2D eigenvalue weighted by Gasteiger charge is -2.22. The molecule has 0 radical (unpaired) electrons. The Bertz CT molecular complexity index is 343. The summed E-state index contributed by atoms with van der Waals surface area (Å²) in [6.45, 7) is 4.42. The predicted octanol–water partition coefficient (Wildman–Crippen LogP) is 2.11. The van der Waals surface area contributed by atoms with Gasteiger partial charge in [0.1, 0.15) is 0 Å². The first kappa shape index (κ1) is 11.2. The van der Waals surface area contributed by atoms with Crippen LogP contribution in [-0.4, -0.2) is 30.2 Å². The summed E-state index contributed by atoms with van der Waals surface area (Å²) in [7, 11) is 1.65. The van der Waals surface area contributed by atoms with Gasteiger partial charge < -0.3 is 9.64 Å². The van der Waals surface area contributed by atoms with Crippen molar-refractivity contribution in [2.24, 2.45) is 5.92 Å². The summed E-state index contributed by atoms with van der Waals surface area (Å²) in [6.07, 6.45) is 7.15. The van der Waals surface area contributed by atoms with Crippen LogP contribution in [0.2, 0.25) is 0 Å². The van der Waals surface area contributed by atoms with Crippen molar-refractivity contribution >= 4 is 5.82 Å². The Hall–Kier alpha value is -1.32. The number of aromatic nitrogens is 2. The summed E-state index contributed by atoms with van der Waals surface area (Å²) in [5, 5.41) is 0. The second kappa shape index (κ2) is 5.14. The molecule has 1 unspecified atom stereocenters. The zero-order valence-corrected chi connectivity index (χ0v) is 10.0. The number of anilines is 1. The molecule has 88 valence electrons. The van der Waals surface area contributed by atoms with Crippen molar-refractivity contribution in [1.29, 1.82) is 0 Å². The summed E-state index contributed by atoms with van der Waals surface area (Å²) in [4.78, 5) is 10.9. The highest BCUT2D eigenvalue weighted by atomic mass is 16.5. The molecule has 1 saturated heterocycles. The van der Waals surface area contributed by atoms with Crippen molar-refractivity contribution in [2.45, 2.75) is 26.2 Å². The van der Waals surface area contributed by atoms with Crippen LogP contribution in [0.1, 0.15) is 26.2 Å². The van der Waals surface area contributed by atoms with Gasteiger partial charge >= 0.3 is 0 Å². The van der Waals surface area contributed by atoms with Crippen LogP contribution in [0.4, 0.5) is 5.82 Å². The van der Waals surface area contributed by atoms with Crippen molar-refractivity contribution in [1.82, 2.24) is 9.97 Å². The molecule has 0 amide bonds. The highest BCUT2D eigenvalue weighted by molar-refractivity contribution is 5.47.